The number of nitrogens with two attached hydrogens (primary N) is 1. The fourth-order valence-electron chi connectivity index (χ4n) is 2.54. The zero-order chi connectivity index (χ0) is 13.8. The lowest BCUT2D eigenvalue weighted by molar-refractivity contribution is 0.170. The Balaban J connectivity index is 2.18. The van der Waals surface area contributed by atoms with E-state index in [4.69, 9.17) is 15.2 Å². The Morgan fingerprint density at radius 3 is 2.53 bits per heavy atom. The van der Waals surface area contributed by atoms with Crippen LogP contribution in [0.5, 0.6) is 11.5 Å². The summed E-state index contributed by atoms with van der Waals surface area (Å²) >= 11 is 0. The second kappa shape index (κ2) is 6.26. The molecule has 1 aliphatic rings. The summed E-state index contributed by atoms with van der Waals surface area (Å²) in [4.78, 5) is 2.30. The van der Waals surface area contributed by atoms with Gasteiger partial charge in [-0.2, -0.15) is 0 Å². The fourth-order valence-corrected chi connectivity index (χ4v) is 2.54. The highest BCUT2D eigenvalue weighted by Crippen LogP contribution is 2.33. The number of likely N-dealkylation sites (N-methyl/N-ethyl adjacent to an activating group) is 1. The van der Waals surface area contributed by atoms with Crippen LogP contribution in [0, 0.1) is 5.92 Å². The third-order valence-corrected chi connectivity index (χ3v) is 3.36. The molecule has 2 rings (SSSR count). The number of rotatable bonds is 5. The van der Waals surface area contributed by atoms with Crippen LogP contribution < -0.4 is 15.2 Å². The third-order valence-electron chi connectivity index (χ3n) is 3.36. The normalized spacial score (nSPS) is 15.9. The highest BCUT2D eigenvalue weighted by molar-refractivity contribution is 5.44. The van der Waals surface area contributed by atoms with Crippen LogP contribution in [-0.4, -0.2) is 38.3 Å². The minimum absolute atomic E-state index is 0.221. The van der Waals surface area contributed by atoms with Gasteiger partial charge in [0.25, 0.3) is 0 Å². The van der Waals surface area contributed by atoms with Crippen LogP contribution >= 0.6 is 0 Å². The Labute approximate surface area is 115 Å². The minimum atomic E-state index is 0.221. The molecule has 106 valence electrons. The minimum Gasteiger partial charge on any atom is -0.486 e. The van der Waals surface area contributed by atoms with Crippen molar-refractivity contribution in [2.24, 2.45) is 11.7 Å². The van der Waals surface area contributed by atoms with Gasteiger partial charge in [0.05, 0.1) is 0 Å². The van der Waals surface area contributed by atoms with Gasteiger partial charge in [0.15, 0.2) is 11.5 Å². The van der Waals surface area contributed by atoms with Gasteiger partial charge in [-0.15, -0.1) is 0 Å². The van der Waals surface area contributed by atoms with E-state index >= 15 is 0 Å². The molecule has 1 aliphatic heterocycles. The standard InChI is InChI=1S/C15H24N2O2/c1-11(2)10-17(3)13(9-16)12-4-5-14-15(8-12)19-7-6-18-14/h4-5,8,11,13H,6-7,9-10,16H2,1-3H3. The largest absolute Gasteiger partial charge is 0.486 e. The smallest absolute Gasteiger partial charge is 0.161 e. The van der Waals surface area contributed by atoms with E-state index in [9.17, 15) is 0 Å². The second-order valence-corrected chi connectivity index (χ2v) is 5.49. The molecule has 1 aromatic rings. The van der Waals surface area contributed by atoms with E-state index in [1.54, 1.807) is 0 Å². The molecule has 4 heteroatoms. The quantitative estimate of drug-likeness (QED) is 0.884. The van der Waals surface area contributed by atoms with Crippen molar-refractivity contribution >= 4 is 0 Å². The molecule has 1 heterocycles. The van der Waals surface area contributed by atoms with Gasteiger partial charge >= 0.3 is 0 Å². The van der Waals surface area contributed by atoms with Crippen LogP contribution in [0.3, 0.4) is 0 Å². The molecule has 4 nitrogen and oxygen atoms in total. The number of ether oxygens (including phenoxy) is 2. The highest BCUT2D eigenvalue weighted by atomic mass is 16.6. The molecule has 0 radical (unpaired) electrons. The van der Waals surface area contributed by atoms with E-state index in [0.29, 0.717) is 25.7 Å². The predicted octanol–water partition coefficient (Wildman–Crippen LogP) is 2.05. The molecule has 0 amide bonds. The topological polar surface area (TPSA) is 47.7 Å². The summed E-state index contributed by atoms with van der Waals surface area (Å²) in [5.74, 6) is 2.29. The van der Waals surface area contributed by atoms with Crippen molar-refractivity contribution in [1.29, 1.82) is 0 Å². The molecule has 1 unspecified atom stereocenters. The summed E-state index contributed by atoms with van der Waals surface area (Å²) in [5.41, 5.74) is 7.13. The number of hydrogen-bond acceptors (Lipinski definition) is 4. The molecule has 1 atom stereocenters. The molecule has 19 heavy (non-hydrogen) atoms. The molecule has 0 saturated carbocycles. The third kappa shape index (κ3) is 3.39. The first-order valence-corrected chi connectivity index (χ1v) is 6.91. The van der Waals surface area contributed by atoms with Gasteiger partial charge in [-0.25, -0.2) is 0 Å². The second-order valence-electron chi connectivity index (χ2n) is 5.49. The lowest BCUT2D eigenvalue weighted by atomic mass is 10.0. The van der Waals surface area contributed by atoms with Crippen LogP contribution in [0.15, 0.2) is 18.2 Å². The SMILES string of the molecule is CC(C)CN(C)C(CN)c1ccc2c(c1)OCCO2. The summed E-state index contributed by atoms with van der Waals surface area (Å²) in [7, 11) is 2.12. The van der Waals surface area contributed by atoms with Crippen molar-refractivity contribution in [2.75, 3.05) is 33.4 Å². The lowest BCUT2D eigenvalue weighted by Crippen LogP contribution is -2.33. The Bertz CT molecular complexity index is 421. The molecule has 1 aromatic carbocycles. The summed E-state index contributed by atoms with van der Waals surface area (Å²) in [5, 5.41) is 0. The Hall–Kier alpha value is -1.26. The molecule has 0 fully saturated rings. The van der Waals surface area contributed by atoms with Crippen molar-refractivity contribution in [2.45, 2.75) is 19.9 Å². The first-order chi connectivity index (χ1) is 9.11. The Kier molecular flexibility index (Phi) is 4.66. The average molecular weight is 264 g/mol. The molecule has 0 aliphatic carbocycles. The Morgan fingerprint density at radius 2 is 1.89 bits per heavy atom. The number of fused-ring (bicyclic) bond motifs is 1. The molecule has 0 bridgehead atoms. The molecular formula is C15H24N2O2. The maximum Gasteiger partial charge on any atom is 0.161 e. The first-order valence-electron chi connectivity index (χ1n) is 6.91. The summed E-state index contributed by atoms with van der Waals surface area (Å²) < 4.78 is 11.2. The Morgan fingerprint density at radius 1 is 1.21 bits per heavy atom. The number of benzene rings is 1. The molecule has 0 saturated heterocycles. The molecule has 0 spiro atoms. The highest BCUT2D eigenvalue weighted by Gasteiger charge is 2.19. The van der Waals surface area contributed by atoms with Gasteiger partial charge in [0, 0.05) is 19.1 Å². The molecule has 2 N–H and O–H groups in total. The number of nitrogens with zero attached hydrogens (tertiary/aromatic N) is 1. The van der Waals surface area contributed by atoms with Crippen LogP contribution in [0.25, 0.3) is 0 Å². The monoisotopic (exact) mass is 264 g/mol. The predicted molar refractivity (Wildman–Crippen MR) is 76.7 cm³/mol. The van der Waals surface area contributed by atoms with E-state index in [1.165, 1.54) is 5.56 Å². The maximum atomic E-state index is 5.94. The number of hydrogen-bond donors (Lipinski definition) is 1. The fraction of sp³-hybridized carbons (Fsp3) is 0.600. The van der Waals surface area contributed by atoms with E-state index in [2.05, 4.69) is 37.9 Å². The van der Waals surface area contributed by atoms with Gasteiger partial charge in [-0.05, 0) is 30.7 Å². The summed E-state index contributed by atoms with van der Waals surface area (Å²) in [6.45, 7) is 7.30. The van der Waals surface area contributed by atoms with E-state index in [-0.39, 0.29) is 6.04 Å². The maximum absolute atomic E-state index is 5.94. The molecule has 0 aromatic heterocycles. The summed E-state index contributed by atoms with van der Waals surface area (Å²) in [6, 6.07) is 6.35. The average Bonchev–Trinajstić information content (AvgIpc) is 2.38. The van der Waals surface area contributed by atoms with E-state index in [0.717, 1.165) is 18.0 Å². The van der Waals surface area contributed by atoms with Crippen molar-refractivity contribution in [1.82, 2.24) is 4.90 Å². The van der Waals surface area contributed by atoms with E-state index < -0.39 is 0 Å². The van der Waals surface area contributed by atoms with Gasteiger partial charge < -0.3 is 15.2 Å². The lowest BCUT2D eigenvalue weighted by Gasteiger charge is -2.29. The van der Waals surface area contributed by atoms with Crippen LogP contribution in [0.1, 0.15) is 25.5 Å². The van der Waals surface area contributed by atoms with Crippen LogP contribution in [-0.2, 0) is 0 Å². The van der Waals surface area contributed by atoms with Crippen molar-refractivity contribution < 1.29 is 9.47 Å². The zero-order valence-electron chi connectivity index (χ0n) is 12.1. The van der Waals surface area contributed by atoms with E-state index in [1.807, 2.05) is 6.07 Å². The summed E-state index contributed by atoms with van der Waals surface area (Å²) in [6.07, 6.45) is 0. The van der Waals surface area contributed by atoms with Gasteiger partial charge in [0.1, 0.15) is 13.2 Å². The van der Waals surface area contributed by atoms with Crippen molar-refractivity contribution in [3.63, 3.8) is 0 Å². The van der Waals surface area contributed by atoms with Crippen LogP contribution in [0.4, 0.5) is 0 Å². The van der Waals surface area contributed by atoms with Gasteiger partial charge in [0.2, 0.25) is 0 Å². The van der Waals surface area contributed by atoms with Crippen molar-refractivity contribution in [3.8, 4) is 11.5 Å². The van der Waals surface area contributed by atoms with Gasteiger partial charge in [-0.3, -0.25) is 4.90 Å². The first kappa shape index (κ1) is 14.2. The van der Waals surface area contributed by atoms with Crippen molar-refractivity contribution in [3.05, 3.63) is 23.8 Å². The zero-order valence-corrected chi connectivity index (χ0v) is 12.1. The molecular weight excluding hydrogens is 240 g/mol. The van der Waals surface area contributed by atoms with Crippen LogP contribution in [0.2, 0.25) is 0 Å². The van der Waals surface area contributed by atoms with Gasteiger partial charge in [-0.1, -0.05) is 19.9 Å².